The number of carbonyl (C=O) groups is 3. The van der Waals surface area contributed by atoms with Crippen LogP contribution in [0.4, 0.5) is 0 Å². The summed E-state index contributed by atoms with van der Waals surface area (Å²) in [5.41, 5.74) is 0.993. The lowest BCUT2D eigenvalue weighted by molar-refractivity contribution is -0.143. The molecule has 0 bridgehead atoms. The number of aryl methyl sites for hydroxylation is 1. The molecule has 0 aliphatic carbocycles. The Morgan fingerprint density at radius 3 is 2.29 bits per heavy atom. The molecule has 180 valence electrons. The number of aromatic nitrogens is 1. The van der Waals surface area contributed by atoms with Crippen LogP contribution in [0, 0.1) is 5.92 Å². The van der Waals surface area contributed by atoms with Crippen LogP contribution >= 0.6 is 34.5 Å². The van der Waals surface area contributed by atoms with E-state index in [1.54, 1.807) is 24.4 Å². The first-order valence-electron chi connectivity index (χ1n) is 10.2. The fraction of sp³-hybridized carbons (Fsp3) is 0.348. The first-order chi connectivity index (χ1) is 16.3. The van der Waals surface area contributed by atoms with Crippen molar-refractivity contribution < 1.29 is 28.6 Å². The van der Waals surface area contributed by atoms with Crippen LogP contribution in [0.15, 0.2) is 46.0 Å². The van der Waals surface area contributed by atoms with Gasteiger partial charge in [-0.05, 0) is 24.1 Å². The summed E-state index contributed by atoms with van der Waals surface area (Å²) >= 11 is 14.5. The number of ether oxygens (including phenoxy) is 3. The van der Waals surface area contributed by atoms with Crippen LogP contribution in [0.2, 0.25) is 10.0 Å². The number of aliphatic imine (C=N–C) groups is 1. The van der Waals surface area contributed by atoms with E-state index in [-0.39, 0.29) is 27.8 Å². The Hall–Kier alpha value is -2.75. The fourth-order valence-electron chi connectivity index (χ4n) is 3.88. The number of hydrogen-bond acceptors (Lipinski definition) is 9. The number of halogens is 2. The van der Waals surface area contributed by atoms with E-state index in [0.29, 0.717) is 24.1 Å². The molecule has 2 aromatic rings. The number of nitrogens with zero attached hydrogens (tertiary/aromatic N) is 2. The second-order valence-corrected chi connectivity index (χ2v) is 9.04. The lowest BCUT2D eigenvalue weighted by Gasteiger charge is -2.33. The molecular weight excluding hydrogens is 503 g/mol. The van der Waals surface area contributed by atoms with Crippen LogP contribution < -0.4 is 0 Å². The average Bonchev–Trinajstić information content (AvgIpc) is 3.35. The number of allylic oxidation sites excluding steroid dienone is 1. The Morgan fingerprint density at radius 2 is 1.74 bits per heavy atom. The monoisotopic (exact) mass is 524 g/mol. The SMILES string of the molecule is COC(=O)CC1=NC(CCc2nccs2)=C(C(=O)OC)C(c2c(Cl)cccc2Cl)C1C(=O)OC. The molecular formula is C23H22Cl2N2O6S. The van der Waals surface area contributed by atoms with Gasteiger partial charge in [0.25, 0.3) is 0 Å². The standard InChI is InChI=1S/C23H22Cl2N2O6S/c1-31-17(28)11-15-20(23(30)33-3)21(18-12(24)5-4-6-13(18)25)19(22(29)32-2)14(27-15)7-8-16-26-9-10-34-16/h4-6,9-10,20-21H,7-8,11H2,1-3H3. The molecule has 1 aromatic carbocycles. The lowest BCUT2D eigenvalue weighted by Crippen LogP contribution is -2.38. The third-order valence-electron chi connectivity index (χ3n) is 5.38. The van der Waals surface area contributed by atoms with E-state index in [1.807, 2.05) is 5.38 Å². The molecule has 0 N–H and O–H groups in total. The van der Waals surface area contributed by atoms with Gasteiger partial charge in [0.1, 0.15) is 5.92 Å². The second kappa shape index (κ2) is 11.6. The zero-order chi connectivity index (χ0) is 24.8. The Kier molecular flexibility index (Phi) is 8.82. The van der Waals surface area contributed by atoms with E-state index in [2.05, 4.69) is 9.98 Å². The largest absolute Gasteiger partial charge is 0.469 e. The van der Waals surface area contributed by atoms with Gasteiger partial charge in [-0.1, -0.05) is 29.3 Å². The summed E-state index contributed by atoms with van der Waals surface area (Å²) in [4.78, 5) is 47.2. The molecule has 1 aliphatic heterocycles. The summed E-state index contributed by atoms with van der Waals surface area (Å²) in [6.07, 6.45) is 2.18. The predicted octanol–water partition coefficient (Wildman–Crippen LogP) is 4.40. The summed E-state index contributed by atoms with van der Waals surface area (Å²) in [7, 11) is 3.68. The normalized spacial score (nSPS) is 17.7. The second-order valence-electron chi connectivity index (χ2n) is 7.25. The summed E-state index contributed by atoms with van der Waals surface area (Å²) in [6.45, 7) is 0. The van der Waals surface area contributed by atoms with Crippen molar-refractivity contribution in [2.75, 3.05) is 21.3 Å². The van der Waals surface area contributed by atoms with Crippen molar-refractivity contribution in [3.05, 3.63) is 61.7 Å². The third-order valence-corrected chi connectivity index (χ3v) is 6.87. The van der Waals surface area contributed by atoms with Crippen molar-refractivity contribution in [3.8, 4) is 0 Å². The van der Waals surface area contributed by atoms with Gasteiger partial charge in [0.2, 0.25) is 0 Å². The van der Waals surface area contributed by atoms with Crippen molar-refractivity contribution in [1.29, 1.82) is 0 Å². The number of carbonyl (C=O) groups excluding carboxylic acids is 3. The van der Waals surface area contributed by atoms with Gasteiger partial charge in [0.15, 0.2) is 0 Å². The van der Waals surface area contributed by atoms with Crippen molar-refractivity contribution >= 4 is 58.2 Å². The minimum absolute atomic E-state index is 0.123. The molecule has 1 aliphatic rings. The zero-order valence-corrected chi connectivity index (χ0v) is 21.0. The Morgan fingerprint density at radius 1 is 1.03 bits per heavy atom. The number of methoxy groups -OCH3 is 3. The van der Waals surface area contributed by atoms with Crippen LogP contribution in [0.3, 0.4) is 0 Å². The molecule has 34 heavy (non-hydrogen) atoms. The maximum absolute atomic E-state index is 13.1. The Balaban J connectivity index is 2.28. The average molecular weight is 525 g/mol. The molecule has 0 saturated heterocycles. The molecule has 0 amide bonds. The van der Waals surface area contributed by atoms with Crippen molar-refractivity contribution in [1.82, 2.24) is 4.98 Å². The highest BCUT2D eigenvalue weighted by Crippen LogP contribution is 2.46. The molecule has 8 nitrogen and oxygen atoms in total. The van der Waals surface area contributed by atoms with Gasteiger partial charge >= 0.3 is 17.9 Å². The number of rotatable bonds is 8. The van der Waals surface area contributed by atoms with Gasteiger partial charge in [-0.3, -0.25) is 14.6 Å². The first-order valence-corrected chi connectivity index (χ1v) is 11.8. The summed E-state index contributed by atoms with van der Waals surface area (Å²) in [5, 5.41) is 3.17. The molecule has 11 heteroatoms. The number of benzene rings is 1. The highest BCUT2D eigenvalue weighted by molar-refractivity contribution is 7.09. The van der Waals surface area contributed by atoms with Crippen LogP contribution in [-0.4, -0.2) is 49.9 Å². The predicted molar refractivity (Wildman–Crippen MR) is 128 cm³/mol. The molecule has 0 saturated carbocycles. The molecule has 2 unspecified atom stereocenters. The van der Waals surface area contributed by atoms with E-state index in [1.165, 1.54) is 32.7 Å². The maximum Gasteiger partial charge on any atom is 0.336 e. The lowest BCUT2D eigenvalue weighted by atomic mass is 9.74. The van der Waals surface area contributed by atoms with Gasteiger partial charge in [0, 0.05) is 39.7 Å². The van der Waals surface area contributed by atoms with Crippen molar-refractivity contribution in [3.63, 3.8) is 0 Å². The van der Waals surface area contributed by atoms with Crippen LogP contribution in [0.5, 0.6) is 0 Å². The summed E-state index contributed by atoms with van der Waals surface area (Å²) in [6, 6.07) is 4.86. The molecule has 0 radical (unpaired) electrons. The first kappa shape index (κ1) is 25.9. The van der Waals surface area contributed by atoms with E-state index < -0.39 is 29.7 Å². The molecule has 1 aromatic heterocycles. The highest BCUT2D eigenvalue weighted by atomic mass is 35.5. The van der Waals surface area contributed by atoms with Crippen LogP contribution in [0.1, 0.15) is 29.3 Å². The van der Waals surface area contributed by atoms with Crippen molar-refractivity contribution in [2.24, 2.45) is 10.9 Å². The van der Waals surface area contributed by atoms with Crippen molar-refractivity contribution in [2.45, 2.75) is 25.2 Å². The molecule has 0 fully saturated rings. The van der Waals surface area contributed by atoms with Crippen LogP contribution in [0.25, 0.3) is 0 Å². The number of thiazole rings is 1. The maximum atomic E-state index is 13.1. The summed E-state index contributed by atoms with van der Waals surface area (Å²) < 4.78 is 14.9. The Labute approximate surface area is 210 Å². The zero-order valence-electron chi connectivity index (χ0n) is 18.7. The van der Waals surface area contributed by atoms with Gasteiger partial charge in [0.05, 0.1) is 44.0 Å². The van der Waals surface area contributed by atoms with Gasteiger partial charge < -0.3 is 14.2 Å². The van der Waals surface area contributed by atoms with E-state index in [0.717, 1.165) is 5.01 Å². The third kappa shape index (κ3) is 5.48. The van der Waals surface area contributed by atoms with E-state index in [4.69, 9.17) is 37.4 Å². The van der Waals surface area contributed by atoms with E-state index in [9.17, 15) is 14.4 Å². The van der Waals surface area contributed by atoms with Crippen LogP contribution in [-0.2, 0) is 35.0 Å². The van der Waals surface area contributed by atoms with Gasteiger partial charge in [-0.25, -0.2) is 9.78 Å². The quantitative estimate of drug-likeness (QED) is 0.372. The molecule has 3 rings (SSSR count). The smallest absolute Gasteiger partial charge is 0.336 e. The minimum Gasteiger partial charge on any atom is -0.469 e. The topological polar surface area (TPSA) is 104 Å². The molecule has 0 spiro atoms. The Bertz CT molecular complexity index is 1130. The molecule has 2 atom stereocenters. The van der Waals surface area contributed by atoms with Gasteiger partial charge in [-0.15, -0.1) is 11.3 Å². The van der Waals surface area contributed by atoms with Gasteiger partial charge in [-0.2, -0.15) is 0 Å². The summed E-state index contributed by atoms with van der Waals surface area (Å²) in [5.74, 6) is -4.14. The number of esters is 3. The number of hydrogen-bond donors (Lipinski definition) is 0. The fourth-order valence-corrected chi connectivity index (χ4v) is 5.13. The molecule has 2 heterocycles. The minimum atomic E-state index is -1.15. The van der Waals surface area contributed by atoms with E-state index >= 15 is 0 Å². The highest BCUT2D eigenvalue weighted by Gasteiger charge is 2.46.